The van der Waals surface area contributed by atoms with Gasteiger partial charge in [-0.25, -0.2) is 0 Å². The Morgan fingerprint density at radius 1 is 1.08 bits per heavy atom. The van der Waals surface area contributed by atoms with Crippen molar-refractivity contribution in [3.63, 3.8) is 0 Å². The van der Waals surface area contributed by atoms with Crippen LogP contribution in [0.15, 0.2) is 42.5 Å². The van der Waals surface area contributed by atoms with Gasteiger partial charge in [0.15, 0.2) is 0 Å². The molecule has 3 nitrogen and oxygen atoms in total. The lowest BCUT2D eigenvalue weighted by Crippen LogP contribution is -2.44. The maximum absolute atomic E-state index is 6.36. The van der Waals surface area contributed by atoms with E-state index in [-0.39, 0.29) is 6.10 Å². The van der Waals surface area contributed by atoms with Gasteiger partial charge < -0.3 is 15.0 Å². The SMILES string of the molecule is Clc1ccc2c(c1)N(CC1CNCCO1)c1ccccc1C1CC21. The molecule has 2 aromatic carbocycles. The molecule has 2 fully saturated rings. The third-order valence-electron chi connectivity index (χ3n) is 5.49. The molecule has 1 aliphatic carbocycles. The normalized spacial score (nSPS) is 27.7. The molecule has 2 aliphatic heterocycles. The van der Waals surface area contributed by atoms with E-state index in [1.165, 1.54) is 28.9 Å². The summed E-state index contributed by atoms with van der Waals surface area (Å²) < 4.78 is 5.98. The number of hydrogen-bond acceptors (Lipinski definition) is 3. The molecule has 0 bridgehead atoms. The number of hydrogen-bond donors (Lipinski definition) is 1. The Labute approximate surface area is 147 Å². The standard InChI is InChI=1S/C20H21ClN2O/c21-13-5-6-16-18-10-17(18)15-3-1-2-4-19(15)23(20(16)9-13)12-14-11-22-7-8-24-14/h1-6,9,14,17-18,22H,7-8,10-12H2. The minimum absolute atomic E-state index is 0.202. The Bertz CT molecular complexity index is 772. The van der Waals surface area contributed by atoms with Crippen molar-refractivity contribution in [2.75, 3.05) is 31.1 Å². The number of anilines is 2. The Kier molecular flexibility index (Phi) is 3.55. The van der Waals surface area contributed by atoms with Crippen LogP contribution in [0.1, 0.15) is 29.4 Å². The van der Waals surface area contributed by atoms with Crippen LogP contribution in [0.25, 0.3) is 0 Å². The molecular weight excluding hydrogens is 320 g/mol. The molecule has 3 unspecified atom stereocenters. The molecule has 0 amide bonds. The highest BCUT2D eigenvalue weighted by Crippen LogP contribution is 2.61. The van der Waals surface area contributed by atoms with Gasteiger partial charge in [0.25, 0.3) is 0 Å². The summed E-state index contributed by atoms with van der Waals surface area (Å²) >= 11 is 6.36. The van der Waals surface area contributed by atoms with Crippen LogP contribution in [0.4, 0.5) is 11.4 Å². The molecule has 0 spiro atoms. The molecule has 3 atom stereocenters. The number of para-hydroxylation sites is 1. The van der Waals surface area contributed by atoms with E-state index < -0.39 is 0 Å². The molecule has 0 radical (unpaired) electrons. The second-order valence-electron chi connectivity index (χ2n) is 7.02. The van der Waals surface area contributed by atoms with Crippen LogP contribution in [-0.2, 0) is 4.74 Å². The van der Waals surface area contributed by atoms with E-state index in [4.69, 9.17) is 16.3 Å². The lowest BCUT2D eigenvalue weighted by Gasteiger charge is -2.33. The van der Waals surface area contributed by atoms with Crippen LogP contribution >= 0.6 is 11.6 Å². The number of halogens is 1. The minimum atomic E-state index is 0.202. The van der Waals surface area contributed by atoms with Crippen molar-refractivity contribution in [2.45, 2.75) is 24.4 Å². The monoisotopic (exact) mass is 340 g/mol. The van der Waals surface area contributed by atoms with Gasteiger partial charge in [-0.15, -0.1) is 0 Å². The molecule has 2 aromatic rings. The van der Waals surface area contributed by atoms with Crippen molar-refractivity contribution >= 4 is 23.0 Å². The van der Waals surface area contributed by atoms with E-state index >= 15 is 0 Å². The summed E-state index contributed by atoms with van der Waals surface area (Å²) in [7, 11) is 0. The third kappa shape index (κ3) is 2.43. The summed E-state index contributed by atoms with van der Waals surface area (Å²) in [6.45, 7) is 3.49. The first kappa shape index (κ1) is 14.8. The van der Waals surface area contributed by atoms with Crippen LogP contribution < -0.4 is 10.2 Å². The molecule has 1 N–H and O–H groups in total. The number of rotatable bonds is 2. The van der Waals surface area contributed by atoms with Crippen LogP contribution in [0.2, 0.25) is 5.02 Å². The second kappa shape index (κ2) is 5.76. The summed E-state index contributed by atoms with van der Waals surface area (Å²) in [5.41, 5.74) is 5.48. The van der Waals surface area contributed by atoms with Gasteiger partial charge in [0.1, 0.15) is 0 Å². The van der Waals surface area contributed by atoms with Gasteiger partial charge in [0.05, 0.1) is 19.3 Å². The number of benzene rings is 2. The highest BCUT2D eigenvalue weighted by Gasteiger charge is 2.45. The predicted octanol–water partition coefficient (Wildman–Crippen LogP) is 4.05. The van der Waals surface area contributed by atoms with Crippen molar-refractivity contribution in [1.82, 2.24) is 5.32 Å². The van der Waals surface area contributed by atoms with Crippen molar-refractivity contribution in [1.29, 1.82) is 0 Å². The minimum Gasteiger partial charge on any atom is -0.374 e. The topological polar surface area (TPSA) is 24.5 Å². The highest BCUT2D eigenvalue weighted by atomic mass is 35.5. The van der Waals surface area contributed by atoms with Gasteiger partial charge in [-0.2, -0.15) is 0 Å². The maximum atomic E-state index is 6.36. The fraction of sp³-hybridized carbons (Fsp3) is 0.400. The molecular formula is C20H21ClN2O. The van der Waals surface area contributed by atoms with Crippen molar-refractivity contribution in [2.24, 2.45) is 0 Å². The number of nitrogens with one attached hydrogen (secondary N) is 1. The zero-order chi connectivity index (χ0) is 16.1. The summed E-state index contributed by atoms with van der Waals surface area (Å²) in [5, 5.41) is 4.24. The van der Waals surface area contributed by atoms with E-state index in [9.17, 15) is 0 Å². The fourth-order valence-corrected chi connectivity index (χ4v) is 4.43. The van der Waals surface area contributed by atoms with Gasteiger partial charge in [-0.1, -0.05) is 35.9 Å². The number of nitrogens with zero attached hydrogens (tertiary/aromatic N) is 1. The number of ether oxygens (including phenoxy) is 1. The van der Waals surface area contributed by atoms with E-state index in [2.05, 4.69) is 46.6 Å². The first-order chi connectivity index (χ1) is 11.8. The largest absolute Gasteiger partial charge is 0.374 e. The molecule has 5 rings (SSSR count). The lowest BCUT2D eigenvalue weighted by atomic mass is 10.0. The Morgan fingerprint density at radius 2 is 1.92 bits per heavy atom. The van der Waals surface area contributed by atoms with Crippen molar-refractivity contribution < 1.29 is 4.74 Å². The van der Waals surface area contributed by atoms with Crippen LogP contribution in [0, 0.1) is 0 Å². The maximum Gasteiger partial charge on any atom is 0.0878 e. The summed E-state index contributed by atoms with van der Waals surface area (Å²) in [4.78, 5) is 2.43. The molecule has 1 saturated heterocycles. The molecule has 124 valence electrons. The zero-order valence-electron chi connectivity index (χ0n) is 13.5. The first-order valence-corrected chi connectivity index (χ1v) is 9.17. The molecule has 0 aromatic heterocycles. The quantitative estimate of drug-likeness (QED) is 0.892. The fourth-order valence-electron chi connectivity index (χ4n) is 4.26. The summed E-state index contributed by atoms with van der Waals surface area (Å²) in [6.07, 6.45) is 1.45. The van der Waals surface area contributed by atoms with Crippen LogP contribution in [0.5, 0.6) is 0 Å². The predicted molar refractivity (Wildman–Crippen MR) is 97.6 cm³/mol. The molecule has 3 aliphatic rings. The van der Waals surface area contributed by atoms with E-state index in [0.29, 0.717) is 11.8 Å². The van der Waals surface area contributed by atoms with E-state index in [1.807, 2.05) is 6.07 Å². The van der Waals surface area contributed by atoms with Gasteiger partial charge in [-0.3, -0.25) is 0 Å². The molecule has 1 saturated carbocycles. The van der Waals surface area contributed by atoms with Gasteiger partial charge in [0, 0.05) is 29.5 Å². The summed E-state index contributed by atoms with van der Waals surface area (Å²) in [6, 6.07) is 15.2. The number of fused-ring (bicyclic) bond motifs is 5. The van der Waals surface area contributed by atoms with E-state index in [0.717, 1.165) is 31.3 Å². The Hall–Kier alpha value is -1.55. The Balaban J connectivity index is 1.61. The Morgan fingerprint density at radius 3 is 2.75 bits per heavy atom. The smallest absolute Gasteiger partial charge is 0.0878 e. The first-order valence-electron chi connectivity index (χ1n) is 8.79. The molecule has 24 heavy (non-hydrogen) atoms. The highest BCUT2D eigenvalue weighted by molar-refractivity contribution is 6.31. The van der Waals surface area contributed by atoms with Crippen LogP contribution in [0.3, 0.4) is 0 Å². The van der Waals surface area contributed by atoms with E-state index in [1.54, 1.807) is 0 Å². The van der Waals surface area contributed by atoms with Gasteiger partial charge in [0.2, 0.25) is 0 Å². The van der Waals surface area contributed by atoms with Crippen LogP contribution in [-0.4, -0.2) is 32.3 Å². The average molecular weight is 341 g/mol. The third-order valence-corrected chi connectivity index (χ3v) is 5.73. The van der Waals surface area contributed by atoms with Gasteiger partial charge >= 0.3 is 0 Å². The average Bonchev–Trinajstić information content (AvgIpc) is 3.41. The lowest BCUT2D eigenvalue weighted by molar-refractivity contribution is 0.0346. The van der Waals surface area contributed by atoms with Crippen molar-refractivity contribution in [3.8, 4) is 0 Å². The summed E-state index contributed by atoms with van der Waals surface area (Å²) in [5.74, 6) is 1.28. The molecule has 4 heteroatoms. The zero-order valence-corrected chi connectivity index (χ0v) is 14.3. The second-order valence-corrected chi connectivity index (χ2v) is 7.45. The number of morpholine rings is 1. The van der Waals surface area contributed by atoms with Gasteiger partial charge in [-0.05, 0) is 47.6 Å². The molecule has 2 heterocycles. The van der Waals surface area contributed by atoms with Crippen molar-refractivity contribution in [3.05, 3.63) is 58.6 Å².